The minimum absolute atomic E-state index is 0.000827. The van der Waals surface area contributed by atoms with Gasteiger partial charge in [0.1, 0.15) is 5.75 Å². The number of hydrogen-bond donors (Lipinski definition) is 3. The van der Waals surface area contributed by atoms with Crippen LogP contribution in [-0.2, 0) is 6.18 Å². The molecule has 3 N–H and O–H groups in total. The molecule has 0 aliphatic rings. The molecule has 2 amide bonds. The molecule has 1 unspecified atom stereocenters. The van der Waals surface area contributed by atoms with Gasteiger partial charge in [-0.15, -0.1) is 0 Å². The predicted molar refractivity (Wildman–Crippen MR) is 86.4 cm³/mol. The molecule has 0 aliphatic carbocycles. The van der Waals surface area contributed by atoms with Gasteiger partial charge in [0.15, 0.2) is 0 Å². The number of hydrogen-bond acceptors (Lipinski definition) is 3. The number of alkyl halides is 3. The lowest BCUT2D eigenvalue weighted by Crippen LogP contribution is -2.32. The Hall–Kier alpha value is -2.74. The number of carbonyl (C=O) groups excluding carboxylic acids is 1. The minimum atomic E-state index is -4.49. The predicted octanol–water partition coefficient (Wildman–Crippen LogP) is 3.57. The highest BCUT2D eigenvalue weighted by molar-refractivity contribution is 5.89. The van der Waals surface area contributed by atoms with Crippen molar-refractivity contribution >= 4 is 11.7 Å². The van der Waals surface area contributed by atoms with Crippen molar-refractivity contribution in [1.29, 1.82) is 0 Å². The van der Waals surface area contributed by atoms with Crippen molar-refractivity contribution in [2.75, 3.05) is 19.0 Å². The number of rotatable bonds is 5. The quantitative estimate of drug-likeness (QED) is 0.769. The molecule has 0 bridgehead atoms. The molecule has 0 aliphatic heterocycles. The molecule has 0 radical (unpaired) electrons. The average molecular weight is 354 g/mol. The van der Waals surface area contributed by atoms with E-state index in [2.05, 4.69) is 10.6 Å². The van der Waals surface area contributed by atoms with E-state index in [9.17, 15) is 23.1 Å². The van der Waals surface area contributed by atoms with Crippen LogP contribution in [-0.4, -0.2) is 24.8 Å². The van der Waals surface area contributed by atoms with Gasteiger partial charge in [0.05, 0.1) is 18.8 Å². The summed E-state index contributed by atoms with van der Waals surface area (Å²) in [5, 5.41) is 14.8. The maximum Gasteiger partial charge on any atom is 0.416 e. The van der Waals surface area contributed by atoms with Gasteiger partial charge in [-0.25, -0.2) is 4.79 Å². The number of aliphatic hydroxyl groups excluding tert-OH is 1. The minimum Gasteiger partial charge on any atom is -0.496 e. The molecule has 25 heavy (non-hydrogen) atoms. The fourth-order valence-corrected chi connectivity index (χ4v) is 2.19. The first-order valence-corrected chi connectivity index (χ1v) is 7.34. The molecule has 0 heterocycles. The molecule has 0 saturated carbocycles. The van der Waals surface area contributed by atoms with E-state index in [-0.39, 0.29) is 12.2 Å². The Bertz CT molecular complexity index is 735. The zero-order chi connectivity index (χ0) is 18.4. The summed E-state index contributed by atoms with van der Waals surface area (Å²) >= 11 is 0. The van der Waals surface area contributed by atoms with E-state index in [1.807, 2.05) is 0 Å². The number of ether oxygens (including phenoxy) is 1. The van der Waals surface area contributed by atoms with E-state index in [1.54, 1.807) is 24.3 Å². The topological polar surface area (TPSA) is 70.6 Å². The Labute approximate surface area is 142 Å². The first-order chi connectivity index (χ1) is 11.8. The third kappa shape index (κ3) is 5.12. The van der Waals surface area contributed by atoms with E-state index in [0.717, 1.165) is 12.1 Å². The normalized spacial score (nSPS) is 12.4. The van der Waals surface area contributed by atoms with Gasteiger partial charge < -0.3 is 20.5 Å². The van der Waals surface area contributed by atoms with E-state index in [4.69, 9.17) is 4.74 Å². The van der Waals surface area contributed by atoms with Crippen molar-refractivity contribution in [2.45, 2.75) is 12.3 Å². The Balaban J connectivity index is 1.95. The maximum absolute atomic E-state index is 12.6. The van der Waals surface area contributed by atoms with Crippen LogP contribution in [0.4, 0.5) is 23.7 Å². The Kier molecular flexibility index (Phi) is 5.87. The first kappa shape index (κ1) is 18.6. The molecule has 0 aromatic heterocycles. The van der Waals surface area contributed by atoms with Crippen molar-refractivity contribution in [2.24, 2.45) is 0 Å². The number of anilines is 1. The standard InChI is InChI=1S/C17H17F3N2O3/c1-25-15-8-3-2-7-13(15)14(23)10-21-16(24)22-12-6-4-5-11(9-12)17(18,19)20/h2-9,14,23H,10H2,1H3,(H2,21,22,24). The van der Waals surface area contributed by atoms with Crippen LogP contribution in [0.15, 0.2) is 48.5 Å². The second-order valence-corrected chi connectivity index (χ2v) is 5.17. The summed E-state index contributed by atoms with van der Waals surface area (Å²) < 4.78 is 43.1. The third-order valence-corrected chi connectivity index (χ3v) is 3.40. The summed E-state index contributed by atoms with van der Waals surface area (Å²) in [5.74, 6) is 0.468. The van der Waals surface area contributed by atoms with Crippen molar-refractivity contribution < 1.29 is 27.8 Å². The molecular formula is C17H17F3N2O3. The van der Waals surface area contributed by atoms with Gasteiger partial charge in [0.2, 0.25) is 0 Å². The summed E-state index contributed by atoms with van der Waals surface area (Å²) in [6, 6.07) is 10.3. The molecule has 2 aromatic carbocycles. The highest BCUT2D eigenvalue weighted by Gasteiger charge is 2.30. The van der Waals surface area contributed by atoms with E-state index >= 15 is 0 Å². The maximum atomic E-state index is 12.6. The number of carbonyl (C=O) groups is 1. The van der Waals surface area contributed by atoms with Gasteiger partial charge in [-0.3, -0.25) is 0 Å². The van der Waals surface area contributed by atoms with Crippen molar-refractivity contribution in [1.82, 2.24) is 5.32 Å². The lowest BCUT2D eigenvalue weighted by molar-refractivity contribution is -0.137. The van der Waals surface area contributed by atoms with Crippen LogP contribution in [0, 0.1) is 0 Å². The van der Waals surface area contributed by atoms with Gasteiger partial charge >= 0.3 is 12.2 Å². The second-order valence-electron chi connectivity index (χ2n) is 5.17. The van der Waals surface area contributed by atoms with Crippen LogP contribution in [0.25, 0.3) is 0 Å². The number of halogens is 3. The summed E-state index contributed by atoms with van der Waals surface area (Å²) in [6.45, 7) is -0.134. The summed E-state index contributed by atoms with van der Waals surface area (Å²) in [6.07, 6.45) is -5.52. The monoisotopic (exact) mass is 354 g/mol. The molecule has 1 atom stereocenters. The molecule has 0 fully saturated rings. The van der Waals surface area contributed by atoms with Gasteiger partial charge in [0.25, 0.3) is 0 Å². The largest absolute Gasteiger partial charge is 0.496 e. The number of aliphatic hydroxyl groups is 1. The Morgan fingerprint density at radius 2 is 1.92 bits per heavy atom. The number of amides is 2. The van der Waals surface area contributed by atoms with Gasteiger partial charge in [0, 0.05) is 17.8 Å². The molecule has 0 spiro atoms. The van der Waals surface area contributed by atoms with Crippen LogP contribution < -0.4 is 15.4 Å². The number of urea groups is 1. The van der Waals surface area contributed by atoms with E-state index in [0.29, 0.717) is 11.3 Å². The fourth-order valence-electron chi connectivity index (χ4n) is 2.19. The molecular weight excluding hydrogens is 337 g/mol. The molecule has 8 heteroatoms. The fraction of sp³-hybridized carbons (Fsp3) is 0.235. The van der Waals surface area contributed by atoms with E-state index < -0.39 is 23.9 Å². The van der Waals surface area contributed by atoms with Gasteiger partial charge in [-0.1, -0.05) is 24.3 Å². The zero-order valence-corrected chi connectivity index (χ0v) is 13.3. The smallest absolute Gasteiger partial charge is 0.416 e. The molecule has 2 rings (SSSR count). The molecule has 134 valence electrons. The number of methoxy groups -OCH3 is 1. The number of benzene rings is 2. The summed E-state index contributed by atoms with van der Waals surface area (Å²) in [5.41, 5.74) is -0.372. The van der Waals surface area contributed by atoms with Crippen LogP contribution in [0.1, 0.15) is 17.2 Å². The second kappa shape index (κ2) is 7.89. The average Bonchev–Trinajstić information content (AvgIpc) is 2.59. The van der Waals surface area contributed by atoms with Crippen molar-refractivity contribution in [3.05, 3.63) is 59.7 Å². The van der Waals surface area contributed by atoms with Crippen molar-refractivity contribution in [3.8, 4) is 5.75 Å². The SMILES string of the molecule is COc1ccccc1C(O)CNC(=O)Nc1cccc(C(F)(F)F)c1. The first-order valence-electron chi connectivity index (χ1n) is 7.34. The van der Waals surface area contributed by atoms with Gasteiger partial charge in [-0.05, 0) is 24.3 Å². The van der Waals surface area contributed by atoms with Gasteiger partial charge in [-0.2, -0.15) is 13.2 Å². The lowest BCUT2D eigenvalue weighted by atomic mass is 10.1. The number of para-hydroxylation sites is 1. The van der Waals surface area contributed by atoms with Crippen LogP contribution in [0.3, 0.4) is 0 Å². The van der Waals surface area contributed by atoms with Crippen LogP contribution in [0.2, 0.25) is 0 Å². The highest BCUT2D eigenvalue weighted by Crippen LogP contribution is 2.30. The molecule has 5 nitrogen and oxygen atoms in total. The van der Waals surface area contributed by atoms with Crippen molar-refractivity contribution in [3.63, 3.8) is 0 Å². The third-order valence-electron chi connectivity index (χ3n) is 3.40. The Morgan fingerprint density at radius 1 is 1.20 bits per heavy atom. The molecule has 0 saturated heterocycles. The highest BCUT2D eigenvalue weighted by atomic mass is 19.4. The summed E-state index contributed by atoms with van der Waals surface area (Å²) in [7, 11) is 1.46. The van der Waals surface area contributed by atoms with Crippen LogP contribution >= 0.6 is 0 Å². The summed E-state index contributed by atoms with van der Waals surface area (Å²) in [4.78, 5) is 11.8. The number of nitrogens with one attached hydrogen (secondary N) is 2. The lowest BCUT2D eigenvalue weighted by Gasteiger charge is -2.16. The Morgan fingerprint density at radius 3 is 2.60 bits per heavy atom. The molecule has 2 aromatic rings. The van der Waals surface area contributed by atoms with E-state index in [1.165, 1.54) is 19.2 Å². The zero-order valence-electron chi connectivity index (χ0n) is 13.3. The van der Waals surface area contributed by atoms with Crippen LogP contribution in [0.5, 0.6) is 5.75 Å².